The summed E-state index contributed by atoms with van der Waals surface area (Å²) in [6.45, 7) is 5.13. The number of hydrogen-bond acceptors (Lipinski definition) is 3. The molecule has 0 aromatic carbocycles. The number of aromatic nitrogens is 2. The molecule has 1 unspecified atom stereocenters. The number of rotatable bonds is 2. The third kappa shape index (κ3) is 1.77. The van der Waals surface area contributed by atoms with Gasteiger partial charge < -0.3 is 5.11 Å². The van der Waals surface area contributed by atoms with Crippen LogP contribution in [0.3, 0.4) is 0 Å². The molecule has 2 heterocycles. The Kier molecular flexibility index (Phi) is 2.61. The van der Waals surface area contributed by atoms with E-state index in [2.05, 4.69) is 15.1 Å². The summed E-state index contributed by atoms with van der Waals surface area (Å²) in [6.07, 6.45) is 0.387. The van der Waals surface area contributed by atoms with Gasteiger partial charge in [0.05, 0.1) is 17.9 Å². The Bertz CT molecular complexity index is 444. The van der Waals surface area contributed by atoms with Crippen molar-refractivity contribution in [2.45, 2.75) is 39.5 Å². The number of fused-ring (bicyclic) bond motifs is 1. The average molecular weight is 221 g/mol. The Hall–Kier alpha value is -1.52. The first-order valence-corrected chi connectivity index (χ1v) is 5.30. The smallest absolute Gasteiger partial charge is 0.101 e. The van der Waals surface area contributed by atoms with E-state index >= 15 is 0 Å². The Morgan fingerprint density at radius 1 is 1.75 bits per heavy atom. The summed E-state index contributed by atoms with van der Waals surface area (Å²) in [6, 6.07) is 1.82. The van der Waals surface area contributed by atoms with Crippen molar-refractivity contribution in [3.05, 3.63) is 27.9 Å². The van der Waals surface area contributed by atoms with Gasteiger partial charge in [-0.1, -0.05) is 19.0 Å². The third-order valence-corrected chi connectivity index (χ3v) is 3.15. The van der Waals surface area contributed by atoms with Gasteiger partial charge in [-0.2, -0.15) is 5.10 Å². The lowest BCUT2D eigenvalue weighted by atomic mass is 9.79. The zero-order chi connectivity index (χ0) is 11.8. The van der Waals surface area contributed by atoms with E-state index in [4.69, 9.17) is 5.53 Å². The number of aryl methyl sites for hydroxylation is 1. The lowest BCUT2D eigenvalue weighted by Crippen LogP contribution is -2.31. The molecule has 1 aromatic heterocycles. The van der Waals surface area contributed by atoms with Crippen molar-refractivity contribution in [3.8, 4) is 0 Å². The highest BCUT2D eigenvalue weighted by molar-refractivity contribution is 5.17. The summed E-state index contributed by atoms with van der Waals surface area (Å²) in [4.78, 5) is 2.70. The van der Waals surface area contributed by atoms with E-state index in [0.717, 1.165) is 18.7 Å². The van der Waals surface area contributed by atoms with Gasteiger partial charge in [0.25, 0.3) is 0 Å². The number of azide groups is 1. The molecule has 1 aliphatic rings. The van der Waals surface area contributed by atoms with Crippen LogP contribution in [0.15, 0.2) is 11.2 Å². The maximum absolute atomic E-state index is 10.2. The fourth-order valence-electron chi connectivity index (χ4n) is 2.00. The topological polar surface area (TPSA) is 86.8 Å². The molecular weight excluding hydrogens is 206 g/mol. The van der Waals surface area contributed by atoms with Crippen LogP contribution in [0.5, 0.6) is 0 Å². The molecule has 0 fully saturated rings. The first-order chi connectivity index (χ1) is 7.54. The van der Waals surface area contributed by atoms with E-state index < -0.39 is 6.10 Å². The molecule has 0 radical (unpaired) electrons. The highest BCUT2D eigenvalue weighted by Gasteiger charge is 2.35. The average Bonchev–Trinajstić information content (AvgIpc) is 2.65. The fraction of sp³-hybridized carbons (Fsp3) is 0.700. The molecule has 86 valence electrons. The fourth-order valence-corrected chi connectivity index (χ4v) is 2.00. The molecule has 0 spiro atoms. The minimum atomic E-state index is -0.506. The molecule has 0 saturated carbocycles. The van der Waals surface area contributed by atoms with Gasteiger partial charge in [-0.05, 0) is 23.4 Å². The molecule has 0 aliphatic carbocycles. The van der Waals surface area contributed by atoms with Gasteiger partial charge in [-0.3, -0.25) is 4.68 Å². The summed E-state index contributed by atoms with van der Waals surface area (Å²) in [5.41, 5.74) is 9.65. The van der Waals surface area contributed by atoms with Crippen LogP contribution in [0.4, 0.5) is 0 Å². The van der Waals surface area contributed by atoms with Gasteiger partial charge >= 0.3 is 0 Å². The zero-order valence-electron chi connectivity index (χ0n) is 9.46. The molecule has 6 nitrogen and oxygen atoms in total. The quantitative estimate of drug-likeness (QED) is 0.471. The molecular formula is C10H15N5O. The third-order valence-electron chi connectivity index (χ3n) is 3.15. The first-order valence-electron chi connectivity index (χ1n) is 5.30. The second kappa shape index (κ2) is 3.81. The van der Waals surface area contributed by atoms with E-state index in [0.29, 0.717) is 5.69 Å². The van der Waals surface area contributed by atoms with Crippen LogP contribution in [0.1, 0.15) is 37.8 Å². The maximum Gasteiger partial charge on any atom is 0.101 e. The zero-order valence-corrected chi connectivity index (χ0v) is 9.46. The summed E-state index contributed by atoms with van der Waals surface area (Å²) >= 11 is 0. The van der Waals surface area contributed by atoms with Gasteiger partial charge in [0.1, 0.15) is 6.10 Å². The normalized spacial score (nSPS) is 22.3. The van der Waals surface area contributed by atoms with Gasteiger partial charge in [0.2, 0.25) is 0 Å². The Balaban J connectivity index is 2.31. The number of aliphatic hydroxyl groups excluding tert-OH is 1. The maximum atomic E-state index is 10.2. The second-order valence-electron chi connectivity index (χ2n) is 4.81. The lowest BCUT2D eigenvalue weighted by molar-refractivity contribution is 0.0146. The van der Waals surface area contributed by atoms with Gasteiger partial charge in [-0.15, -0.1) is 0 Å². The first kappa shape index (κ1) is 11.0. The minimum Gasteiger partial charge on any atom is -0.386 e. The predicted molar refractivity (Wildman–Crippen MR) is 58.4 cm³/mol. The van der Waals surface area contributed by atoms with Crippen molar-refractivity contribution in [3.63, 3.8) is 0 Å². The van der Waals surface area contributed by atoms with Gasteiger partial charge in [-0.25, -0.2) is 0 Å². The molecule has 2 rings (SSSR count). The van der Waals surface area contributed by atoms with Gasteiger partial charge in [0, 0.05) is 11.5 Å². The lowest BCUT2D eigenvalue weighted by Gasteiger charge is -2.35. The molecule has 6 heteroatoms. The monoisotopic (exact) mass is 221 g/mol. The summed E-state index contributed by atoms with van der Waals surface area (Å²) in [5, 5.41) is 17.9. The summed E-state index contributed by atoms with van der Waals surface area (Å²) in [7, 11) is 0. The van der Waals surface area contributed by atoms with E-state index in [1.807, 2.05) is 19.9 Å². The van der Waals surface area contributed by atoms with Crippen LogP contribution in [0, 0.1) is 5.41 Å². The van der Waals surface area contributed by atoms with E-state index in [1.165, 1.54) is 0 Å². The second-order valence-corrected chi connectivity index (χ2v) is 4.81. The predicted octanol–water partition coefficient (Wildman–Crippen LogP) is 2.16. The highest BCUT2D eigenvalue weighted by atomic mass is 16.3. The molecule has 0 saturated heterocycles. The largest absolute Gasteiger partial charge is 0.386 e. The molecule has 0 bridgehead atoms. The molecule has 1 aromatic rings. The molecule has 0 amide bonds. The minimum absolute atomic E-state index is 0.119. The van der Waals surface area contributed by atoms with Gasteiger partial charge in [0.15, 0.2) is 0 Å². The molecule has 1 atom stereocenters. The SMILES string of the molecule is CC1(C)CCn2nc(CN=[N+]=[N-])cc2C1O. The van der Waals surface area contributed by atoms with Crippen molar-refractivity contribution < 1.29 is 5.11 Å². The van der Waals surface area contributed by atoms with Crippen LogP contribution >= 0.6 is 0 Å². The highest BCUT2D eigenvalue weighted by Crippen LogP contribution is 2.40. The number of nitrogens with zero attached hydrogens (tertiary/aromatic N) is 5. The van der Waals surface area contributed by atoms with Crippen molar-refractivity contribution in [1.82, 2.24) is 9.78 Å². The molecule has 1 N–H and O–H groups in total. The van der Waals surface area contributed by atoms with Crippen molar-refractivity contribution in [2.75, 3.05) is 0 Å². The molecule has 16 heavy (non-hydrogen) atoms. The summed E-state index contributed by atoms with van der Waals surface area (Å²) in [5.74, 6) is 0. The standard InChI is InChI=1S/C10H15N5O/c1-10(2)3-4-15-8(9(10)16)5-7(13-15)6-12-14-11/h5,9,16H,3-4,6H2,1-2H3. The Morgan fingerprint density at radius 2 is 2.50 bits per heavy atom. The van der Waals surface area contributed by atoms with Crippen LogP contribution in [0.25, 0.3) is 10.4 Å². The van der Waals surface area contributed by atoms with Crippen LogP contribution < -0.4 is 0 Å². The van der Waals surface area contributed by atoms with E-state index in [9.17, 15) is 5.11 Å². The molecule has 1 aliphatic heterocycles. The van der Waals surface area contributed by atoms with Crippen LogP contribution in [-0.2, 0) is 13.1 Å². The summed E-state index contributed by atoms with van der Waals surface area (Å²) < 4.78 is 1.80. The number of hydrogen-bond donors (Lipinski definition) is 1. The van der Waals surface area contributed by atoms with Crippen molar-refractivity contribution in [2.24, 2.45) is 10.5 Å². The number of aliphatic hydroxyl groups is 1. The Morgan fingerprint density at radius 3 is 3.19 bits per heavy atom. The van der Waals surface area contributed by atoms with E-state index in [1.54, 1.807) is 4.68 Å². The van der Waals surface area contributed by atoms with Crippen LogP contribution in [-0.4, -0.2) is 14.9 Å². The van der Waals surface area contributed by atoms with Crippen molar-refractivity contribution in [1.29, 1.82) is 0 Å². The van der Waals surface area contributed by atoms with Crippen LogP contribution in [0.2, 0.25) is 0 Å². The van der Waals surface area contributed by atoms with Crippen molar-refractivity contribution >= 4 is 0 Å². The van der Waals surface area contributed by atoms with E-state index in [-0.39, 0.29) is 12.0 Å². The Labute approximate surface area is 93.5 Å².